The Morgan fingerprint density at radius 3 is 2.30 bits per heavy atom. The molecule has 0 atom stereocenters. The molecule has 0 saturated carbocycles. The van der Waals surface area contributed by atoms with Gasteiger partial charge in [-0.2, -0.15) is 0 Å². The molecule has 0 aliphatic rings. The zero-order chi connectivity index (χ0) is 19.8. The van der Waals surface area contributed by atoms with Crippen LogP contribution in [0.4, 0.5) is 5.69 Å². The fraction of sp³-hybridized carbons (Fsp3) is 0.222. The Bertz CT molecular complexity index is 827. The lowest BCUT2D eigenvalue weighted by atomic mass is 10.2. The first-order valence-electron chi connectivity index (χ1n) is 7.68. The van der Waals surface area contributed by atoms with Gasteiger partial charge in [0.2, 0.25) is 0 Å². The van der Waals surface area contributed by atoms with E-state index in [0.717, 1.165) is 0 Å². The van der Waals surface area contributed by atoms with Crippen LogP contribution in [0.25, 0.3) is 0 Å². The van der Waals surface area contributed by atoms with Crippen LogP contribution in [0, 0.1) is 0 Å². The molecular weight excluding hydrogens is 397 g/mol. The highest BCUT2D eigenvalue weighted by atomic mass is 35.5. The van der Waals surface area contributed by atoms with Gasteiger partial charge < -0.3 is 24.3 Å². The minimum Gasteiger partial charge on any atom is -0.493 e. The number of halogens is 2. The summed E-state index contributed by atoms with van der Waals surface area (Å²) in [5.41, 5.74) is 0.470. The molecular formula is C18H17Cl2NO6. The van der Waals surface area contributed by atoms with Gasteiger partial charge in [0.05, 0.1) is 19.2 Å². The fourth-order valence-corrected chi connectivity index (χ4v) is 2.49. The van der Waals surface area contributed by atoms with Crippen LogP contribution in [0.2, 0.25) is 10.0 Å². The molecule has 1 amide bonds. The van der Waals surface area contributed by atoms with Crippen molar-refractivity contribution in [3.05, 3.63) is 46.4 Å². The van der Waals surface area contributed by atoms with Crippen LogP contribution in [0.1, 0.15) is 0 Å². The SMILES string of the molecule is COc1ccc(NC(=O)COC(=O)COc2ccc(Cl)cc2Cl)cc1OC. The molecule has 9 heteroatoms. The molecule has 1 N–H and O–H groups in total. The molecule has 0 aliphatic heterocycles. The molecule has 2 aromatic rings. The molecule has 0 aliphatic carbocycles. The third-order valence-electron chi connectivity index (χ3n) is 3.27. The van der Waals surface area contributed by atoms with Gasteiger partial charge in [0.25, 0.3) is 5.91 Å². The first kappa shape index (κ1) is 20.7. The highest BCUT2D eigenvalue weighted by Crippen LogP contribution is 2.29. The number of methoxy groups -OCH3 is 2. The number of anilines is 1. The number of amides is 1. The Morgan fingerprint density at radius 2 is 1.63 bits per heavy atom. The lowest BCUT2D eigenvalue weighted by molar-refractivity contribution is -0.149. The van der Waals surface area contributed by atoms with E-state index in [1.807, 2.05) is 0 Å². The highest BCUT2D eigenvalue weighted by molar-refractivity contribution is 6.35. The van der Waals surface area contributed by atoms with Gasteiger partial charge in [-0.1, -0.05) is 23.2 Å². The van der Waals surface area contributed by atoms with E-state index in [9.17, 15) is 9.59 Å². The van der Waals surface area contributed by atoms with Crippen molar-refractivity contribution >= 4 is 40.8 Å². The van der Waals surface area contributed by atoms with E-state index >= 15 is 0 Å². The van der Waals surface area contributed by atoms with Crippen molar-refractivity contribution in [1.82, 2.24) is 0 Å². The average molecular weight is 414 g/mol. The summed E-state index contributed by atoms with van der Waals surface area (Å²) in [7, 11) is 2.99. The molecule has 0 unspecified atom stereocenters. The second-order valence-electron chi connectivity index (χ2n) is 5.14. The smallest absolute Gasteiger partial charge is 0.344 e. The van der Waals surface area contributed by atoms with Crippen LogP contribution in [0.15, 0.2) is 36.4 Å². The van der Waals surface area contributed by atoms with Crippen molar-refractivity contribution < 1.29 is 28.5 Å². The van der Waals surface area contributed by atoms with Crippen molar-refractivity contribution in [3.8, 4) is 17.2 Å². The second kappa shape index (κ2) is 9.89. The van der Waals surface area contributed by atoms with E-state index in [-0.39, 0.29) is 10.8 Å². The van der Waals surface area contributed by atoms with Crippen molar-refractivity contribution in [2.75, 3.05) is 32.8 Å². The number of hydrogen-bond donors (Lipinski definition) is 1. The number of esters is 1. The number of carbonyl (C=O) groups excluding carboxylic acids is 2. The number of carbonyl (C=O) groups is 2. The van der Waals surface area contributed by atoms with E-state index in [1.54, 1.807) is 24.3 Å². The molecule has 0 bridgehead atoms. The van der Waals surface area contributed by atoms with Gasteiger partial charge in [-0.25, -0.2) is 4.79 Å². The summed E-state index contributed by atoms with van der Waals surface area (Å²) in [5.74, 6) is 0.0387. The largest absolute Gasteiger partial charge is 0.493 e. The van der Waals surface area contributed by atoms with Gasteiger partial charge in [-0.3, -0.25) is 4.79 Å². The zero-order valence-electron chi connectivity index (χ0n) is 14.6. The molecule has 0 radical (unpaired) electrons. The van der Waals surface area contributed by atoms with Crippen LogP contribution in [0.3, 0.4) is 0 Å². The molecule has 0 fully saturated rings. The van der Waals surface area contributed by atoms with Gasteiger partial charge in [0.15, 0.2) is 24.7 Å². The standard InChI is InChI=1S/C18H17Cl2NO6/c1-24-15-6-4-12(8-16(15)25-2)21-17(22)9-27-18(23)10-26-14-5-3-11(19)7-13(14)20/h3-8H,9-10H2,1-2H3,(H,21,22). The number of ether oxygens (including phenoxy) is 4. The number of benzene rings is 2. The minimum absolute atomic E-state index is 0.265. The van der Waals surface area contributed by atoms with E-state index in [1.165, 1.54) is 26.4 Å². The van der Waals surface area contributed by atoms with Crippen molar-refractivity contribution in [1.29, 1.82) is 0 Å². The third-order valence-corrected chi connectivity index (χ3v) is 3.80. The maximum atomic E-state index is 11.9. The van der Waals surface area contributed by atoms with Gasteiger partial charge >= 0.3 is 5.97 Å². The van der Waals surface area contributed by atoms with E-state index < -0.39 is 25.1 Å². The van der Waals surface area contributed by atoms with E-state index in [0.29, 0.717) is 22.2 Å². The summed E-state index contributed by atoms with van der Waals surface area (Å²) in [6, 6.07) is 9.45. The Morgan fingerprint density at radius 1 is 0.926 bits per heavy atom. The summed E-state index contributed by atoms with van der Waals surface area (Å²) in [5, 5.41) is 3.30. The minimum atomic E-state index is -0.719. The molecule has 27 heavy (non-hydrogen) atoms. The molecule has 7 nitrogen and oxygen atoms in total. The predicted octanol–water partition coefficient (Wildman–Crippen LogP) is 3.57. The summed E-state index contributed by atoms with van der Waals surface area (Å²) in [4.78, 5) is 23.6. The van der Waals surface area contributed by atoms with E-state index in [4.69, 9.17) is 42.1 Å². The van der Waals surface area contributed by atoms with Crippen LogP contribution < -0.4 is 19.5 Å². The van der Waals surface area contributed by atoms with E-state index in [2.05, 4.69) is 5.32 Å². The highest BCUT2D eigenvalue weighted by Gasteiger charge is 2.12. The number of rotatable bonds is 8. The normalized spacial score (nSPS) is 10.1. The molecule has 0 heterocycles. The molecule has 0 aromatic heterocycles. The Balaban J connectivity index is 1.80. The lowest BCUT2D eigenvalue weighted by Gasteiger charge is -2.11. The zero-order valence-corrected chi connectivity index (χ0v) is 16.1. The third kappa shape index (κ3) is 6.23. The number of hydrogen-bond acceptors (Lipinski definition) is 6. The molecule has 0 spiro atoms. The topological polar surface area (TPSA) is 83.1 Å². The summed E-state index contributed by atoms with van der Waals surface area (Å²) < 4.78 is 20.4. The van der Waals surface area contributed by atoms with Gasteiger partial charge in [-0.15, -0.1) is 0 Å². The van der Waals surface area contributed by atoms with Gasteiger partial charge in [-0.05, 0) is 30.3 Å². The maximum Gasteiger partial charge on any atom is 0.344 e. The Hall–Kier alpha value is -2.64. The molecule has 144 valence electrons. The fourth-order valence-electron chi connectivity index (χ4n) is 2.03. The quantitative estimate of drug-likeness (QED) is 0.665. The first-order valence-corrected chi connectivity index (χ1v) is 8.44. The van der Waals surface area contributed by atoms with Gasteiger partial charge in [0.1, 0.15) is 5.75 Å². The Labute approximate surface area is 166 Å². The van der Waals surface area contributed by atoms with Crippen LogP contribution in [-0.2, 0) is 14.3 Å². The number of nitrogens with one attached hydrogen (secondary N) is 1. The second-order valence-corrected chi connectivity index (χ2v) is 5.99. The van der Waals surface area contributed by atoms with Crippen molar-refractivity contribution in [2.24, 2.45) is 0 Å². The summed E-state index contributed by atoms with van der Waals surface area (Å²) in [6.45, 7) is -0.865. The summed E-state index contributed by atoms with van der Waals surface area (Å²) >= 11 is 11.7. The first-order chi connectivity index (χ1) is 12.9. The van der Waals surface area contributed by atoms with Crippen molar-refractivity contribution in [3.63, 3.8) is 0 Å². The monoisotopic (exact) mass is 413 g/mol. The maximum absolute atomic E-state index is 11.9. The molecule has 2 aromatic carbocycles. The van der Waals surface area contributed by atoms with Crippen LogP contribution in [0.5, 0.6) is 17.2 Å². The van der Waals surface area contributed by atoms with Crippen LogP contribution >= 0.6 is 23.2 Å². The van der Waals surface area contributed by atoms with Gasteiger partial charge in [0, 0.05) is 16.8 Å². The van der Waals surface area contributed by atoms with Crippen molar-refractivity contribution in [2.45, 2.75) is 0 Å². The molecule has 0 saturated heterocycles. The molecule has 2 rings (SSSR count). The summed E-state index contributed by atoms with van der Waals surface area (Å²) in [6.07, 6.45) is 0. The predicted molar refractivity (Wildman–Crippen MR) is 101 cm³/mol. The van der Waals surface area contributed by atoms with Crippen LogP contribution in [-0.4, -0.2) is 39.3 Å². The lowest BCUT2D eigenvalue weighted by Crippen LogP contribution is -2.23. The Kier molecular flexibility index (Phi) is 7.57. The average Bonchev–Trinajstić information content (AvgIpc) is 2.65.